The lowest BCUT2D eigenvalue weighted by Crippen LogP contribution is -2.52. The molecule has 1 fully saturated rings. The standard InChI is InChI=1S/C10H18N2O3/c1-8(15-3)10(14)12-6-4-11(5-7-12)9(2)13/h8H,4-7H2,1-3H3. The van der Waals surface area contributed by atoms with Crippen molar-refractivity contribution in [2.45, 2.75) is 20.0 Å². The number of carbonyl (C=O) groups is 2. The van der Waals surface area contributed by atoms with E-state index in [0.29, 0.717) is 26.2 Å². The van der Waals surface area contributed by atoms with Gasteiger partial charge in [0.2, 0.25) is 5.91 Å². The van der Waals surface area contributed by atoms with Gasteiger partial charge in [0.25, 0.3) is 5.91 Å². The van der Waals surface area contributed by atoms with Gasteiger partial charge in [-0.3, -0.25) is 9.59 Å². The van der Waals surface area contributed by atoms with Gasteiger partial charge < -0.3 is 14.5 Å². The molecule has 5 nitrogen and oxygen atoms in total. The molecule has 1 aliphatic heterocycles. The van der Waals surface area contributed by atoms with E-state index in [1.807, 2.05) is 0 Å². The molecular weight excluding hydrogens is 196 g/mol. The molecule has 2 amide bonds. The minimum Gasteiger partial charge on any atom is -0.372 e. The summed E-state index contributed by atoms with van der Waals surface area (Å²) >= 11 is 0. The molecule has 5 heteroatoms. The van der Waals surface area contributed by atoms with E-state index >= 15 is 0 Å². The van der Waals surface area contributed by atoms with Crippen LogP contribution in [0.5, 0.6) is 0 Å². The Kier molecular flexibility index (Phi) is 4.08. The summed E-state index contributed by atoms with van der Waals surface area (Å²) in [5.74, 6) is 0.0718. The van der Waals surface area contributed by atoms with Crippen LogP contribution in [-0.2, 0) is 14.3 Å². The second-order valence-electron chi connectivity index (χ2n) is 3.71. The van der Waals surface area contributed by atoms with Gasteiger partial charge in [-0.1, -0.05) is 0 Å². The minimum atomic E-state index is -0.395. The van der Waals surface area contributed by atoms with Gasteiger partial charge in [-0.05, 0) is 6.92 Å². The third-order valence-corrected chi connectivity index (χ3v) is 2.74. The van der Waals surface area contributed by atoms with Crippen LogP contribution < -0.4 is 0 Å². The zero-order chi connectivity index (χ0) is 11.4. The fraction of sp³-hybridized carbons (Fsp3) is 0.800. The highest BCUT2D eigenvalue weighted by atomic mass is 16.5. The highest BCUT2D eigenvalue weighted by molar-refractivity contribution is 5.81. The molecule has 0 aromatic rings. The third kappa shape index (κ3) is 2.92. The van der Waals surface area contributed by atoms with Crippen molar-refractivity contribution in [3.05, 3.63) is 0 Å². The molecule has 1 saturated heterocycles. The maximum Gasteiger partial charge on any atom is 0.251 e. The highest BCUT2D eigenvalue weighted by Crippen LogP contribution is 2.05. The number of hydrogen-bond acceptors (Lipinski definition) is 3. The first-order valence-corrected chi connectivity index (χ1v) is 5.13. The minimum absolute atomic E-state index is 0.000650. The summed E-state index contributed by atoms with van der Waals surface area (Å²) in [6.45, 7) is 5.74. The van der Waals surface area contributed by atoms with E-state index < -0.39 is 6.10 Å². The Morgan fingerprint density at radius 2 is 1.60 bits per heavy atom. The Hall–Kier alpha value is -1.10. The summed E-state index contributed by atoms with van der Waals surface area (Å²) in [7, 11) is 1.52. The first-order valence-electron chi connectivity index (χ1n) is 5.13. The average molecular weight is 214 g/mol. The maximum absolute atomic E-state index is 11.7. The van der Waals surface area contributed by atoms with Crippen molar-refractivity contribution in [1.82, 2.24) is 9.80 Å². The van der Waals surface area contributed by atoms with Crippen LogP contribution >= 0.6 is 0 Å². The molecule has 1 unspecified atom stereocenters. The summed E-state index contributed by atoms with van der Waals surface area (Å²) in [5.41, 5.74) is 0. The molecular formula is C10H18N2O3. The number of nitrogens with zero attached hydrogens (tertiary/aromatic N) is 2. The largest absolute Gasteiger partial charge is 0.372 e. The van der Waals surface area contributed by atoms with Crippen molar-refractivity contribution in [2.24, 2.45) is 0 Å². The fourth-order valence-electron chi connectivity index (χ4n) is 1.60. The topological polar surface area (TPSA) is 49.9 Å². The van der Waals surface area contributed by atoms with Crippen LogP contribution in [0.1, 0.15) is 13.8 Å². The molecule has 0 bridgehead atoms. The number of rotatable bonds is 2. The lowest BCUT2D eigenvalue weighted by atomic mass is 10.2. The predicted molar refractivity (Wildman–Crippen MR) is 55.3 cm³/mol. The molecule has 0 saturated carbocycles. The molecule has 0 radical (unpaired) electrons. The second kappa shape index (κ2) is 5.11. The van der Waals surface area contributed by atoms with E-state index in [-0.39, 0.29) is 11.8 Å². The van der Waals surface area contributed by atoms with Crippen molar-refractivity contribution < 1.29 is 14.3 Å². The Morgan fingerprint density at radius 1 is 1.13 bits per heavy atom. The van der Waals surface area contributed by atoms with Crippen LogP contribution in [0, 0.1) is 0 Å². The smallest absolute Gasteiger partial charge is 0.251 e. The van der Waals surface area contributed by atoms with Crippen LogP contribution in [0.4, 0.5) is 0 Å². The molecule has 1 heterocycles. The van der Waals surface area contributed by atoms with Gasteiger partial charge in [0, 0.05) is 40.2 Å². The van der Waals surface area contributed by atoms with Gasteiger partial charge in [-0.2, -0.15) is 0 Å². The highest BCUT2D eigenvalue weighted by Gasteiger charge is 2.25. The van der Waals surface area contributed by atoms with Gasteiger partial charge in [-0.25, -0.2) is 0 Å². The molecule has 0 aromatic heterocycles. The SMILES string of the molecule is COC(C)C(=O)N1CCN(C(C)=O)CC1. The van der Waals surface area contributed by atoms with E-state index in [0.717, 1.165) is 0 Å². The molecule has 0 aliphatic carbocycles. The van der Waals surface area contributed by atoms with Crippen LogP contribution in [0.25, 0.3) is 0 Å². The van der Waals surface area contributed by atoms with Crippen molar-refractivity contribution in [3.8, 4) is 0 Å². The molecule has 0 N–H and O–H groups in total. The fourth-order valence-corrected chi connectivity index (χ4v) is 1.60. The molecule has 0 aromatic carbocycles. The lowest BCUT2D eigenvalue weighted by molar-refractivity contribution is -0.145. The zero-order valence-electron chi connectivity index (χ0n) is 9.52. The first kappa shape index (κ1) is 12.0. The van der Waals surface area contributed by atoms with Gasteiger partial charge in [0.1, 0.15) is 6.10 Å². The number of piperazine rings is 1. The van der Waals surface area contributed by atoms with Crippen molar-refractivity contribution in [1.29, 1.82) is 0 Å². The number of hydrogen-bond donors (Lipinski definition) is 0. The quantitative estimate of drug-likeness (QED) is 0.635. The third-order valence-electron chi connectivity index (χ3n) is 2.74. The van der Waals surface area contributed by atoms with E-state index in [1.54, 1.807) is 23.6 Å². The van der Waals surface area contributed by atoms with E-state index in [2.05, 4.69) is 0 Å². The van der Waals surface area contributed by atoms with E-state index in [9.17, 15) is 9.59 Å². The monoisotopic (exact) mass is 214 g/mol. The van der Waals surface area contributed by atoms with Gasteiger partial charge in [0.15, 0.2) is 0 Å². The second-order valence-corrected chi connectivity index (χ2v) is 3.71. The van der Waals surface area contributed by atoms with Crippen LogP contribution in [-0.4, -0.2) is 61.0 Å². The van der Waals surface area contributed by atoms with Crippen molar-refractivity contribution in [3.63, 3.8) is 0 Å². The Labute approximate surface area is 90.0 Å². The molecule has 1 rings (SSSR count). The number of methoxy groups -OCH3 is 1. The molecule has 86 valence electrons. The van der Waals surface area contributed by atoms with Crippen LogP contribution in [0.3, 0.4) is 0 Å². The molecule has 0 spiro atoms. The number of amides is 2. The number of ether oxygens (including phenoxy) is 1. The van der Waals surface area contributed by atoms with Gasteiger partial charge in [0.05, 0.1) is 0 Å². The van der Waals surface area contributed by atoms with Crippen LogP contribution in [0.15, 0.2) is 0 Å². The summed E-state index contributed by atoms with van der Waals surface area (Å²) in [4.78, 5) is 26.3. The Bertz CT molecular complexity index is 247. The predicted octanol–water partition coefficient (Wildman–Crippen LogP) is -0.288. The van der Waals surface area contributed by atoms with E-state index in [4.69, 9.17) is 4.74 Å². The first-order chi connectivity index (χ1) is 7.06. The Morgan fingerprint density at radius 3 is 2.00 bits per heavy atom. The van der Waals surface area contributed by atoms with Crippen LogP contribution in [0.2, 0.25) is 0 Å². The van der Waals surface area contributed by atoms with Crippen molar-refractivity contribution in [2.75, 3.05) is 33.3 Å². The summed E-state index contributed by atoms with van der Waals surface area (Å²) in [6.07, 6.45) is -0.395. The molecule has 15 heavy (non-hydrogen) atoms. The summed E-state index contributed by atoms with van der Waals surface area (Å²) in [5, 5.41) is 0. The Balaban J connectivity index is 2.43. The normalized spacial score (nSPS) is 18.9. The molecule has 1 atom stereocenters. The average Bonchev–Trinajstić information content (AvgIpc) is 2.27. The molecule has 1 aliphatic rings. The zero-order valence-corrected chi connectivity index (χ0v) is 9.52. The van der Waals surface area contributed by atoms with Gasteiger partial charge >= 0.3 is 0 Å². The lowest BCUT2D eigenvalue weighted by Gasteiger charge is -2.35. The number of carbonyl (C=O) groups excluding carboxylic acids is 2. The maximum atomic E-state index is 11.7. The van der Waals surface area contributed by atoms with Crippen molar-refractivity contribution >= 4 is 11.8 Å². The van der Waals surface area contributed by atoms with Gasteiger partial charge in [-0.15, -0.1) is 0 Å². The van der Waals surface area contributed by atoms with E-state index in [1.165, 1.54) is 7.11 Å². The summed E-state index contributed by atoms with van der Waals surface area (Å²) < 4.78 is 4.97. The summed E-state index contributed by atoms with van der Waals surface area (Å²) in [6, 6.07) is 0.